The summed E-state index contributed by atoms with van der Waals surface area (Å²) in [6.07, 6.45) is 3.63. The van der Waals surface area contributed by atoms with Crippen molar-refractivity contribution in [1.29, 1.82) is 0 Å². The van der Waals surface area contributed by atoms with Gasteiger partial charge in [0.05, 0.1) is 19.3 Å². The Balaban J connectivity index is 1.36. The van der Waals surface area contributed by atoms with Gasteiger partial charge in [-0.1, -0.05) is 20.3 Å². The summed E-state index contributed by atoms with van der Waals surface area (Å²) in [5, 5.41) is 10.5. The zero-order valence-electron chi connectivity index (χ0n) is 17.7. The number of piperazine rings is 1. The number of rotatable bonds is 6. The average molecular weight is 416 g/mol. The highest BCUT2D eigenvalue weighted by molar-refractivity contribution is 5.59. The second kappa shape index (κ2) is 8.11. The molecule has 5 rings (SSSR count). The molecule has 2 N–H and O–H groups in total. The van der Waals surface area contributed by atoms with Crippen molar-refractivity contribution in [2.45, 2.75) is 51.0 Å². The lowest BCUT2D eigenvalue weighted by Crippen LogP contribution is -2.56. The van der Waals surface area contributed by atoms with Crippen LogP contribution in [0, 0.1) is 5.82 Å². The van der Waals surface area contributed by atoms with Crippen molar-refractivity contribution in [2.24, 2.45) is 0 Å². The summed E-state index contributed by atoms with van der Waals surface area (Å²) < 4.78 is 20.8. The van der Waals surface area contributed by atoms with Crippen molar-refractivity contribution in [3.8, 4) is 0 Å². The Kier molecular flexibility index (Phi) is 5.32. The highest BCUT2D eigenvalue weighted by Gasteiger charge is 2.31. The van der Waals surface area contributed by atoms with Gasteiger partial charge in [0.1, 0.15) is 5.82 Å². The molecule has 0 spiro atoms. The smallest absolute Gasteiger partial charge is 0.208 e. The van der Waals surface area contributed by atoms with Crippen molar-refractivity contribution < 1.29 is 9.13 Å². The Morgan fingerprint density at radius 3 is 2.53 bits per heavy atom. The number of nitrogens with zero attached hydrogens (tertiary/aromatic N) is 5. The number of aromatic nitrogens is 4. The highest BCUT2D eigenvalue weighted by Crippen LogP contribution is 2.36. The van der Waals surface area contributed by atoms with E-state index in [0.29, 0.717) is 29.4 Å². The Morgan fingerprint density at radius 2 is 1.93 bits per heavy atom. The quantitative estimate of drug-likeness (QED) is 0.750. The number of hydrogen-bond donors (Lipinski definition) is 2. The summed E-state index contributed by atoms with van der Waals surface area (Å²) in [5.41, 5.74) is 1.11. The average Bonchev–Trinajstić information content (AvgIpc) is 3.09. The number of aromatic amines is 1. The summed E-state index contributed by atoms with van der Waals surface area (Å²) in [6, 6.07) is 2.48. The fourth-order valence-corrected chi connectivity index (χ4v) is 4.19. The van der Waals surface area contributed by atoms with Crippen LogP contribution >= 0.6 is 0 Å². The van der Waals surface area contributed by atoms with Crippen molar-refractivity contribution in [2.75, 3.05) is 49.6 Å². The fraction of sp³-hybridized carbons (Fsp3) is 0.667. The van der Waals surface area contributed by atoms with E-state index in [-0.39, 0.29) is 11.7 Å². The van der Waals surface area contributed by atoms with Crippen LogP contribution in [0.1, 0.15) is 56.5 Å². The SMILES string of the molecule is CC(C)c1nc(Nc2cc(C3CCC3)[nH]n2)c(F)c(N2CCN(C3COC3)CC2)n1. The topological polar surface area (TPSA) is 82.2 Å². The molecule has 9 heteroatoms. The van der Waals surface area contributed by atoms with Gasteiger partial charge in [0, 0.05) is 49.8 Å². The van der Waals surface area contributed by atoms with Gasteiger partial charge >= 0.3 is 0 Å². The molecule has 4 heterocycles. The predicted octanol–water partition coefficient (Wildman–Crippen LogP) is 2.99. The lowest BCUT2D eigenvalue weighted by molar-refractivity contribution is -0.0661. The van der Waals surface area contributed by atoms with Gasteiger partial charge in [0.15, 0.2) is 17.5 Å². The van der Waals surface area contributed by atoms with Crippen LogP contribution in [-0.4, -0.2) is 70.5 Å². The molecule has 0 aromatic carbocycles. The molecule has 8 nitrogen and oxygen atoms in total. The fourth-order valence-electron chi connectivity index (χ4n) is 4.19. The summed E-state index contributed by atoms with van der Waals surface area (Å²) in [7, 11) is 0. The van der Waals surface area contributed by atoms with E-state index >= 15 is 4.39 Å². The van der Waals surface area contributed by atoms with Crippen molar-refractivity contribution in [1.82, 2.24) is 25.1 Å². The van der Waals surface area contributed by atoms with Gasteiger partial charge in [-0.05, 0) is 12.8 Å². The van der Waals surface area contributed by atoms with E-state index in [1.54, 1.807) is 0 Å². The molecule has 1 saturated carbocycles. The van der Waals surface area contributed by atoms with Gasteiger partial charge in [-0.15, -0.1) is 0 Å². The molecular formula is C21H30FN7O. The van der Waals surface area contributed by atoms with Gasteiger partial charge in [0.2, 0.25) is 5.82 Å². The minimum atomic E-state index is -0.409. The largest absolute Gasteiger partial charge is 0.378 e. The minimum Gasteiger partial charge on any atom is -0.378 e. The van der Waals surface area contributed by atoms with Crippen LogP contribution < -0.4 is 10.2 Å². The lowest BCUT2D eigenvalue weighted by Gasteiger charge is -2.43. The molecule has 2 saturated heterocycles. The first-order chi connectivity index (χ1) is 14.6. The van der Waals surface area contributed by atoms with Gasteiger partial charge < -0.3 is 15.0 Å². The van der Waals surface area contributed by atoms with Crippen LogP contribution in [0.5, 0.6) is 0 Å². The van der Waals surface area contributed by atoms with Crippen LogP contribution in [0.2, 0.25) is 0 Å². The summed E-state index contributed by atoms with van der Waals surface area (Å²) in [6.45, 7) is 8.94. The van der Waals surface area contributed by atoms with Gasteiger partial charge in [-0.25, -0.2) is 9.97 Å². The molecule has 2 aliphatic heterocycles. The third-order valence-electron chi connectivity index (χ3n) is 6.51. The zero-order valence-corrected chi connectivity index (χ0v) is 17.7. The van der Waals surface area contributed by atoms with E-state index in [1.165, 1.54) is 19.3 Å². The second-order valence-corrected chi connectivity index (χ2v) is 8.90. The number of anilines is 3. The molecule has 0 unspecified atom stereocenters. The van der Waals surface area contributed by atoms with Gasteiger partial charge in [-0.2, -0.15) is 9.49 Å². The number of nitrogens with one attached hydrogen (secondary N) is 2. The normalized spacial score (nSPS) is 21.0. The maximum Gasteiger partial charge on any atom is 0.208 e. The van der Waals surface area contributed by atoms with E-state index in [1.807, 2.05) is 24.8 Å². The first-order valence-corrected chi connectivity index (χ1v) is 11.0. The maximum absolute atomic E-state index is 15.5. The molecule has 0 amide bonds. The molecule has 3 aliphatic rings. The number of H-pyrrole nitrogens is 1. The second-order valence-electron chi connectivity index (χ2n) is 8.90. The first-order valence-electron chi connectivity index (χ1n) is 11.0. The van der Waals surface area contributed by atoms with Gasteiger partial charge in [0.25, 0.3) is 0 Å². The highest BCUT2D eigenvalue weighted by atomic mass is 19.1. The molecule has 0 atom stereocenters. The summed E-state index contributed by atoms with van der Waals surface area (Å²) in [4.78, 5) is 13.5. The van der Waals surface area contributed by atoms with Crippen molar-refractivity contribution in [3.63, 3.8) is 0 Å². The zero-order chi connectivity index (χ0) is 20.7. The molecule has 30 heavy (non-hydrogen) atoms. The van der Waals surface area contributed by atoms with E-state index in [9.17, 15) is 0 Å². The van der Waals surface area contributed by atoms with Crippen LogP contribution in [-0.2, 0) is 4.74 Å². The van der Waals surface area contributed by atoms with Gasteiger partial charge in [-0.3, -0.25) is 10.00 Å². The van der Waals surface area contributed by atoms with E-state index < -0.39 is 5.82 Å². The van der Waals surface area contributed by atoms with Crippen LogP contribution in [0.15, 0.2) is 6.07 Å². The number of hydrogen-bond acceptors (Lipinski definition) is 7. The first kappa shape index (κ1) is 19.7. The molecule has 0 radical (unpaired) electrons. The predicted molar refractivity (Wildman–Crippen MR) is 113 cm³/mol. The van der Waals surface area contributed by atoms with Crippen LogP contribution in [0.25, 0.3) is 0 Å². The standard InChI is InChI=1S/C21H30FN7O/c1-13(2)19-24-20(23-17-10-16(26-27-17)14-4-3-5-14)18(22)21(25-19)29-8-6-28(7-9-29)15-11-30-12-15/h10,13-15H,3-9,11-12H2,1-2H3,(H2,23,24,25,26,27). The van der Waals surface area contributed by atoms with E-state index in [2.05, 4.69) is 30.4 Å². The third-order valence-corrected chi connectivity index (χ3v) is 6.51. The molecule has 1 aliphatic carbocycles. The molecule has 2 aromatic rings. The minimum absolute atomic E-state index is 0.100. The van der Waals surface area contributed by atoms with Crippen molar-refractivity contribution in [3.05, 3.63) is 23.4 Å². The van der Waals surface area contributed by atoms with E-state index in [4.69, 9.17) is 4.74 Å². The van der Waals surface area contributed by atoms with Crippen LogP contribution in [0.4, 0.5) is 21.8 Å². The Morgan fingerprint density at radius 1 is 1.17 bits per heavy atom. The Bertz CT molecular complexity index is 885. The number of ether oxygens (including phenoxy) is 1. The summed E-state index contributed by atoms with van der Waals surface area (Å²) in [5.74, 6) is 2.06. The third kappa shape index (κ3) is 3.76. The lowest BCUT2D eigenvalue weighted by atomic mass is 9.83. The number of halogens is 1. The molecule has 3 fully saturated rings. The Labute approximate surface area is 176 Å². The molecule has 162 valence electrons. The Hall–Kier alpha value is -2.26. The maximum atomic E-state index is 15.5. The summed E-state index contributed by atoms with van der Waals surface area (Å²) >= 11 is 0. The van der Waals surface area contributed by atoms with Crippen LogP contribution in [0.3, 0.4) is 0 Å². The van der Waals surface area contributed by atoms with Crippen molar-refractivity contribution >= 4 is 17.5 Å². The van der Waals surface area contributed by atoms with E-state index in [0.717, 1.165) is 45.1 Å². The molecule has 0 bridgehead atoms. The molecular weight excluding hydrogens is 385 g/mol. The molecule has 2 aromatic heterocycles. The monoisotopic (exact) mass is 415 g/mol.